The monoisotopic (exact) mass is 482 g/mol. The van der Waals surface area contributed by atoms with Crippen molar-refractivity contribution in [2.75, 3.05) is 26.2 Å². The van der Waals surface area contributed by atoms with Gasteiger partial charge in [-0.05, 0) is 24.3 Å². The third-order valence-electron chi connectivity index (χ3n) is 5.45. The molecule has 0 unspecified atom stereocenters. The topological polar surface area (TPSA) is 84.6 Å². The van der Waals surface area contributed by atoms with Crippen molar-refractivity contribution in [3.05, 3.63) is 63.0 Å². The highest BCUT2D eigenvalue weighted by atomic mass is 35.5. The molecule has 0 spiro atoms. The zero-order valence-electron chi connectivity index (χ0n) is 16.7. The second kappa shape index (κ2) is 8.31. The molecular weight excluding hydrogens is 463 g/mol. The fourth-order valence-electron chi connectivity index (χ4n) is 3.79. The molecule has 2 aromatic carbocycles. The average Bonchev–Trinajstić information content (AvgIpc) is 2.98. The number of hydrogen-bond acceptors (Lipinski definition) is 4. The number of para-hydroxylation sites is 2. The zero-order valence-corrected chi connectivity index (χ0v) is 19.0. The maximum absolute atomic E-state index is 13.0. The van der Waals surface area contributed by atoms with Gasteiger partial charge in [0.2, 0.25) is 15.9 Å². The lowest BCUT2D eigenvalue weighted by atomic mass is 10.3. The summed E-state index contributed by atoms with van der Waals surface area (Å²) in [4.78, 5) is 26.8. The third kappa shape index (κ3) is 3.87. The van der Waals surface area contributed by atoms with Gasteiger partial charge in [0, 0.05) is 33.2 Å². The normalized spacial score (nSPS) is 15.5. The molecule has 0 bridgehead atoms. The van der Waals surface area contributed by atoms with E-state index >= 15 is 0 Å². The van der Waals surface area contributed by atoms with Crippen LogP contribution in [0.3, 0.4) is 0 Å². The molecule has 0 atom stereocenters. The zero-order chi connectivity index (χ0) is 22.3. The molecule has 1 saturated heterocycles. The molecule has 164 valence electrons. The number of rotatable bonds is 4. The molecule has 0 aliphatic carbocycles. The van der Waals surface area contributed by atoms with E-state index in [1.165, 1.54) is 25.6 Å². The van der Waals surface area contributed by atoms with Crippen LogP contribution in [-0.2, 0) is 28.4 Å². The number of aromatic nitrogens is 2. The predicted molar refractivity (Wildman–Crippen MR) is 119 cm³/mol. The smallest absolute Gasteiger partial charge is 0.329 e. The lowest BCUT2D eigenvalue weighted by Gasteiger charge is -2.34. The van der Waals surface area contributed by atoms with Crippen LogP contribution in [-0.4, -0.2) is 58.8 Å². The highest BCUT2D eigenvalue weighted by Crippen LogP contribution is 2.31. The molecule has 1 aliphatic rings. The van der Waals surface area contributed by atoms with E-state index < -0.39 is 10.0 Å². The van der Waals surface area contributed by atoms with Crippen LogP contribution in [0.5, 0.6) is 0 Å². The number of amides is 1. The van der Waals surface area contributed by atoms with Crippen LogP contribution in [0.1, 0.15) is 0 Å². The third-order valence-corrected chi connectivity index (χ3v) is 8.31. The van der Waals surface area contributed by atoms with Crippen molar-refractivity contribution < 1.29 is 13.2 Å². The standard InChI is InChI=1S/C20H20Cl2N4O4S/c1-23-16-7-2-3-8-17(16)26(20(23)28)13-18(27)24-9-11-25(12-10-24)31(29,30)19-14(21)5-4-6-15(19)22/h2-8H,9-13H2,1H3. The first-order chi connectivity index (χ1) is 14.7. The van der Waals surface area contributed by atoms with E-state index in [1.54, 1.807) is 24.1 Å². The highest BCUT2D eigenvalue weighted by molar-refractivity contribution is 7.89. The van der Waals surface area contributed by atoms with Crippen molar-refractivity contribution in [1.82, 2.24) is 18.3 Å². The number of carbonyl (C=O) groups excluding carboxylic acids is 1. The number of imidazole rings is 1. The number of benzene rings is 2. The first-order valence-electron chi connectivity index (χ1n) is 9.58. The second-order valence-corrected chi connectivity index (χ2v) is 9.94. The number of aryl methyl sites for hydroxylation is 1. The van der Waals surface area contributed by atoms with Crippen molar-refractivity contribution in [3.8, 4) is 0 Å². The fraction of sp³-hybridized carbons (Fsp3) is 0.300. The Kier molecular flexibility index (Phi) is 5.87. The summed E-state index contributed by atoms with van der Waals surface area (Å²) in [6.07, 6.45) is 0. The lowest BCUT2D eigenvalue weighted by Crippen LogP contribution is -2.51. The number of sulfonamides is 1. The Bertz CT molecular complexity index is 1300. The Morgan fingerprint density at radius 1 is 0.935 bits per heavy atom. The van der Waals surface area contributed by atoms with E-state index in [1.807, 2.05) is 18.2 Å². The first kappa shape index (κ1) is 21.9. The van der Waals surface area contributed by atoms with Gasteiger partial charge in [0.15, 0.2) is 0 Å². The van der Waals surface area contributed by atoms with E-state index in [2.05, 4.69) is 0 Å². The van der Waals surface area contributed by atoms with Crippen LogP contribution in [0.15, 0.2) is 52.2 Å². The molecule has 1 amide bonds. The molecule has 8 nitrogen and oxygen atoms in total. The summed E-state index contributed by atoms with van der Waals surface area (Å²) in [5.41, 5.74) is 1.15. The second-order valence-electron chi connectivity index (χ2n) is 7.25. The molecule has 0 N–H and O–H groups in total. The fourth-order valence-corrected chi connectivity index (χ4v) is 6.30. The van der Waals surface area contributed by atoms with Gasteiger partial charge in [-0.3, -0.25) is 13.9 Å². The van der Waals surface area contributed by atoms with Gasteiger partial charge in [-0.1, -0.05) is 41.4 Å². The maximum atomic E-state index is 13.0. The Labute approximate surface area is 189 Å². The van der Waals surface area contributed by atoms with Crippen LogP contribution in [0.25, 0.3) is 11.0 Å². The van der Waals surface area contributed by atoms with Gasteiger partial charge in [-0.25, -0.2) is 13.2 Å². The van der Waals surface area contributed by atoms with Gasteiger partial charge in [0.1, 0.15) is 11.4 Å². The molecular formula is C20H20Cl2N4O4S. The van der Waals surface area contributed by atoms with Crippen molar-refractivity contribution in [1.29, 1.82) is 0 Å². The minimum absolute atomic E-state index is 0.0568. The number of fused-ring (bicyclic) bond motifs is 1. The van der Waals surface area contributed by atoms with Crippen LogP contribution >= 0.6 is 23.2 Å². The van der Waals surface area contributed by atoms with E-state index in [4.69, 9.17) is 23.2 Å². The molecule has 31 heavy (non-hydrogen) atoms. The van der Waals surface area contributed by atoms with E-state index in [0.29, 0.717) is 5.52 Å². The molecule has 3 aromatic rings. The summed E-state index contributed by atoms with van der Waals surface area (Å²) in [6.45, 7) is 0.530. The largest absolute Gasteiger partial charge is 0.338 e. The van der Waals surface area contributed by atoms with Gasteiger partial charge < -0.3 is 4.90 Å². The number of carbonyl (C=O) groups is 1. The van der Waals surface area contributed by atoms with Crippen LogP contribution in [0.2, 0.25) is 10.0 Å². The van der Waals surface area contributed by atoms with Gasteiger partial charge in [-0.2, -0.15) is 4.31 Å². The first-order valence-corrected chi connectivity index (χ1v) is 11.8. The summed E-state index contributed by atoms with van der Waals surface area (Å²) in [7, 11) is -2.23. The Balaban J connectivity index is 1.49. The molecule has 1 aromatic heterocycles. The van der Waals surface area contributed by atoms with Gasteiger partial charge >= 0.3 is 5.69 Å². The SMILES string of the molecule is Cn1c(=O)n(CC(=O)N2CCN(S(=O)(=O)c3c(Cl)cccc3Cl)CC2)c2ccccc21. The van der Waals surface area contributed by atoms with Crippen molar-refractivity contribution in [2.24, 2.45) is 7.05 Å². The van der Waals surface area contributed by atoms with Crippen molar-refractivity contribution in [3.63, 3.8) is 0 Å². The summed E-state index contributed by atoms with van der Waals surface area (Å²) >= 11 is 12.2. The minimum atomic E-state index is -3.89. The minimum Gasteiger partial charge on any atom is -0.338 e. The molecule has 1 fully saturated rings. The summed E-state index contributed by atoms with van der Waals surface area (Å²) in [6, 6.07) is 11.8. The maximum Gasteiger partial charge on any atom is 0.329 e. The summed E-state index contributed by atoms with van der Waals surface area (Å²) < 4.78 is 30.2. The molecule has 4 rings (SSSR count). The molecule has 0 radical (unpaired) electrons. The number of piperazine rings is 1. The van der Waals surface area contributed by atoms with E-state index in [0.717, 1.165) is 5.52 Å². The van der Waals surface area contributed by atoms with Crippen molar-refractivity contribution >= 4 is 50.2 Å². The lowest BCUT2D eigenvalue weighted by molar-refractivity contribution is -0.133. The molecule has 11 heteroatoms. The quantitative estimate of drug-likeness (QED) is 0.570. The number of halogens is 2. The Hall–Kier alpha value is -2.33. The highest BCUT2D eigenvalue weighted by Gasteiger charge is 2.33. The van der Waals surface area contributed by atoms with Gasteiger partial charge in [0.05, 0.1) is 21.1 Å². The van der Waals surface area contributed by atoms with E-state index in [-0.39, 0.29) is 59.3 Å². The number of nitrogens with zero attached hydrogens (tertiary/aromatic N) is 4. The Morgan fingerprint density at radius 3 is 2.13 bits per heavy atom. The van der Waals surface area contributed by atoms with Gasteiger partial charge in [0.25, 0.3) is 0 Å². The van der Waals surface area contributed by atoms with Crippen LogP contribution in [0.4, 0.5) is 0 Å². The number of hydrogen-bond donors (Lipinski definition) is 0. The van der Waals surface area contributed by atoms with E-state index in [9.17, 15) is 18.0 Å². The molecule has 1 aliphatic heterocycles. The summed E-state index contributed by atoms with van der Waals surface area (Å²) in [5, 5.41) is 0.114. The summed E-state index contributed by atoms with van der Waals surface area (Å²) in [5.74, 6) is -0.244. The van der Waals surface area contributed by atoms with Gasteiger partial charge in [-0.15, -0.1) is 0 Å². The average molecular weight is 483 g/mol. The van der Waals surface area contributed by atoms with Crippen LogP contribution in [0, 0.1) is 0 Å². The molecule has 2 heterocycles. The predicted octanol–water partition coefficient (Wildman–Crippen LogP) is 2.18. The molecule has 0 saturated carbocycles. The van der Waals surface area contributed by atoms with Crippen LogP contribution < -0.4 is 5.69 Å². The van der Waals surface area contributed by atoms with Crippen molar-refractivity contribution in [2.45, 2.75) is 11.4 Å². The Morgan fingerprint density at radius 2 is 1.52 bits per heavy atom.